The van der Waals surface area contributed by atoms with E-state index in [1.165, 1.54) is 0 Å². The summed E-state index contributed by atoms with van der Waals surface area (Å²) in [5.41, 5.74) is 4.62. The van der Waals surface area contributed by atoms with Gasteiger partial charge in [-0.25, -0.2) is 19.7 Å². The number of anilines is 3. The second-order valence-corrected chi connectivity index (χ2v) is 10.5. The standard InChI is InChI=1S/C32H32N6O3/c1-41-26-15-11-23(12-16-26)35-32-34-19-28-29(36-32)27(18-33-30(28)37-31(40)22-6-3-2-4-7-22)21-9-13-24(14-10-21)38-17-5-8-25(38)20-39/h2-4,6-7,9-10,13-14,18-19,23,26H,5,8,11-12,15-17H2,1H3,(H,33,37,40)(H,34,35,36). The molecule has 2 N–H and O–H groups in total. The van der Waals surface area contributed by atoms with E-state index in [0.717, 1.165) is 61.9 Å². The molecule has 9 heteroatoms. The van der Waals surface area contributed by atoms with Crippen molar-refractivity contribution in [1.29, 1.82) is 0 Å². The third kappa shape index (κ3) is 5.68. The number of allylic oxidation sites excluding steroid dienone is 1. The molecule has 2 aliphatic rings. The molecule has 0 spiro atoms. The number of pyridine rings is 1. The van der Waals surface area contributed by atoms with Gasteiger partial charge in [-0.2, -0.15) is 0 Å². The lowest BCUT2D eigenvalue weighted by molar-refractivity contribution is 0.0681. The number of amides is 1. The number of carbonyl (C=O) groups excluding carboxylic acids is 2. The average Bonchev–Trinajstić information content (AvgIpc) is 3.51. The van der Waals surface area contributed by atoms with Gasteiger partial charge in [0.25, 0.3) is 5.91 Å². The molecule has 1 aliphatic carbocycles. The van der Waals surface area contributed by atoms with Crippen molar-refractivity contribution in [2.75, 3.05) is 29.2 Å². The van der Waals surface area contributed by atoms with Gasteiger partial charge in [0.2, 0.25) is 5.95 Å². The third-order valence-corrected chi connectivity index (χ3v) is 7.96. The monoisotopic (exact) mass is 548 g/mol. The minimum absolute atomic E-state index is 0.252. The number of benzene rings is 2. The fraction of sp³-hybridized carbons (Fsp3) is 0.312. The van der Waals surface area contributed by atoms with Crippen molar-refractivity contribution >= 4 is 40.2 Å². The van der Waals surface area contributed by atoms with Gasteiger partial charge in [-0.15, -0.1) is 0 Å². The number of methoxy groups -OCH3 is 1. The second kappa shape index (κ2) is 11.9. The molecule has 0 radical (unpaired) electrons. The topological polar surface area (TPSA) is 109 Å². The summed E-state index contributed by atoms with van der Waals surface area (Å²) >= 11 is 0. The van der Waals surface area contributed by atoms with Gasteiger partial charge in [0.1, 0.15) is 17.5 Å². The fourth-order valence-electron chi connectivity index (χ4n) is 5.68. The number of hydrogen-bond donors (Lipinski definition) is 2. The zero-order valence-electron chi connectivity index (χ0n) is 23.0. The number of rotatable bonds is 7. The molecule has 1 saturated carbocycles. The van der Waals surface area contributed by atoms with Crippen LogP contribution in [0.4, 0.5) is 17.5 Å². The Hall–Kier alpha value is -4.59. The summed E-state index contributed by atoms with van der Waals surface area (Å²) in [5.74, 6) is 2.77. The largest absolute Gasteiger partial charge is 0.381 e. The molecule has 0 atom stereocenters. The molecule has 2 aromatic heterocycles. The van der Waals surface area contributed by atoms with E-state index >= 15 is 0 Å². The lowest BCUT2D eigenvalue weighted by Gasteiger charge is -2.28. The van der Waals surface area contributed by atoms with Crippen LogP contribution in [0.15, 0.2) is 72.7 Å². The van der Waals surface area contributed by atoms with Gasteiger partial charge >= 0.3 is 0 Å². The molecule has 1 amide bonds. The van der Waals surface area contributed by atoms with Crippen LogP contribution >= 0.6 is 0 Å². The Labute approximate surface area is 238 Å². The van der Waals surface area contributed by atoms with Crippen molar-refractivity contribution < 1.29 is 14.3 Å². The lowest BCUT2D eigenvalue weighted by atomic mass is 9.93. The molecule has 1 saturated heterocycles. The van der Waals surface area contributed by atoms with E-state index < -0.39 is 0 Å². The van der Waals surface area contributed by atoms with Crippen LogP contribution < -0.4 is 15.5 Å². The summed E-state index contributed by atoms with van der Waals surface area (Å²) in [6.45, 7) is 0.804. The van der Waals surface area contributed by atoms with Crippen LogP contribution in [-0.2, 0) is 9.53 Å². The predicted molar refractivity (Wildman–Crippen MR) is 160 cm³/mol. The van der Waals surface area contributed by atoms with Crippen LogP contribution in [0, 0.1) is 0 Å². The second-order valence-electron chi connectivity index (χ2n) is 10.5. The van der Waals surface area contributed by atoms with Crippen molar-refractivity contribution in [2.45, 2.75) is 50.7 Å². The van der Waals surface area contributed by atoms with Gasteiger partial charge in [-0.3, -0.25) is 4.79 Å². The molecule has 0 bridgehead atoms. The van der Waals surface area contributed by atoms with Crippen molar-refractivity contribution in [3.63, 3.8) is 0 Å². The highest BCUT2D eigenvalue weighted by molar-refractivity contribution is 6.09. The quantitative estimate of drug-likeness (QED) is 0.286. The molecule has 9 nitrogen and oxygen atoms in total. The molecule has 1 aliphatic heterocycles. The predicted octanol–water partition coefficient (Wildman–Crippen LogP) is 5.63. The highest BCUT2D eigenvalue weighted by Crippen LogP contribution is 2.34. The number of nitrogens with one attached hydrogen (secondary N) is 2. The molecule has 4 aromatic rings. The van der Waals surface area contributed by atoms with Crippen LogP contribution in [0.2, 0.25) is 0 Å². The molecule has 41 heavy (non-hydrogen) atoms. The Kier molecular flexibility index (Phi) is 7.71. The Bertz CT molecular complexity index is 1590. The first-order chi connectivity index (χ1) is 20.1. The van der Waals surface area contributed by atoms with Crippen molar-refractivity contribution in [3.8, 4) is 11.1 Å². The molecule has 2 aromatic carbocycles. The zero-order valence-corrected chi connectivity index (χ0v) is 23.0. The summed E-state index contributed by atoms with van der Waals surface area (Å²) in [5, 5.41) is 7.10. The van der Waals surface area contributed by atoms with Crippen LogP contribution in [0.1, 0.15) is 48.9 Å². The highest BCUT2D eigenvalue weighted by Gasteiger charge is 2.23. The van der Waals surface area contributed by atoms with E-state index in [0.29, 0.717) is 40.0 Å². The SMILES string of the molecule is COC1CCC(Nc2ncc3c(NC(=O)c4ccccc4)ncc(-c4ccc(N5CCCC5=C=O)cc4)c3n2)CC1. The Balaban J connectivity index is 1.34. The number of hydrogen-bond acceptors (Lipinski definition) is 8. The van der Waals surface area contributed by atoms with Crippen molar-refractivity contribution in [2.24, 2.45) is 0 Å². The first-order valence-corrected chi connectivity index (χ1v) is 14.1. The summed E-state index contributed by atoms with van der Waals surface area (Å²) < 4.78 is 5.52. The summed E-state index contributed by atoms with van der Waals surface area (Å²) in [6.07, 6.45) is 9.42. The third-order valence-electron chi connectivity index (χ3n) is 7.96. The maximum Gasteiger partial charge on any atom is 0.256 e. The summed E-state index contributed by atoms with van der Waals surface area (Å²) in [6, 6.07) is 17.3. The molecule has 2 fully saturated rings. The van der Waals surface area contributed by atoms with Gasteiger partial charge in [-0.05, 0) is 61.9 Å². The highest BCUT2D eigenvalue weighted by atomic mass is 16.5. The van der Waals surface area contributed by atoms with E-state index in [-0.39, 0.29) is 11.9 Å². The average molecular weight is 549 g/mol. The number of fused-ring (bicyclic) bond motifs is 1. The number of nitrogens with zero attached hydrogens (tertiary/aromatic N) is 4. The van der Waals surface area contributed by atoms with Gasteiger partial charge in [0.15, 0.2) is 0 Å². The minimum atomic E-state index is -0.252. The smallest absolute Gasteiger partial charge is 0.256 e. The van der Waals surface area contributed by atoms with Gasteiger partial charge in [0.05, 0.1) is 17.0 Å². The van der Waals surface area contributed by atoms with Crippen molar-refractivity contribution in [1.82, 2.24) is 15.0 Å². The van der Waals surface area contributed by atoms with E-state index in [9.17, 15) is 9.59 Å². The maximum absolute atomic E-state index is 13.0. The van der Waals surface area contributed by atoms with Crippen molar-refractivity contribution in [3.05, 3.63) is 78.3 Å². The van der Waals surface area contributed by atoms with Crippen LogP contribution in [0.3, 0.4) is 0 Å². The molecule has 208 valence electrons. The van der Waals surface area contributed by atoms with E-state index in [2.05, 4.69) is 26.5 Å². The minimum Gasteiger partial charge on any atom is -0.381 e. The van der Waals surface area contributed by atoms with Crippen LogP contribution in [0.5, 0.6) is 0 Å². The van der Waals surface area contributed by atoms with Gasteiger partial charge < -0.3 is 20.3 Å². The molecular weight excluding hydrogens is 516 g/mol. The molecule has 0 unspecified atom stereocenters. The fourth-order valence-corrected chi connectivity index (χ4v) is 5.68. The summed E-state index contributed by atoms with van der Waals surface area (Å²) in [4.78, 5) is 40.5. The van der Waals surface area contributed by atoms with E-state index in [4.69, 9.17) is 9.72 Å². The number of aromatic nitrogens is 3. The van der Waals surface area contributed by atoms with E-state index in [1.807, 2.05) is 47.4 Å². The summed E-state index contributed by atoms with van der Waals surface area (Å²) in [7, 11) is 1.77. The first kappa shape index (κ1) is 26.6. The molecule has 6 rings (SSSR count). The maximum atomic E-state index is 13.0. The molecular formula is C32H32N6O3. The molecule has 3 heterocycles. The Morgan fingerprint density at radius 2 is 1.78 bits per heavy atom. The zero-order chi connectivity index (χ0) is 28.2. The Morgan fingerprint density at radius 3 is 2.51 bits per heavy atom. The number of ether oxygens (including phenoxy) is 1. The first-order valence-electron chi connectivity index (χ1n) is 14.1. The van der Waals surface area contributed by atoms with E-state index in [1.54, 1.807) is 31.6 Å². The lowest BCUT2D eigenvalue weighted by Crippen LogP contribution is -2.29. The normalized spacial score (nSPS) is 18.8. The van der Waals surface area contributed by atoms with Gasteiger partial charge in [-0.1, -0.05) is 30.3 Å². The van der Waals surface area contributed by atoms with Crippen LogP contribution in [-0.4, -0.2) is 52.6 Å². The van der Waals surface area contributed by atoms with Crippen LogP contribution in [0.25, 0.3) is 22.0 Å². The van der Waals surface area contributed by atoms with Gasteiger partial charge in [0, 0.05) is 55.3 Å². The number of carbonyl (C=O) groups is 1. The Morgan fingerprint density at radius 1 is 1.00 bits per heavy atom.